The monoisotopic (exact) mass is 384 g/mol. The van der Waals surface area contributed by atoms with Gasteiger partial charge in [-0.2, -0.15) is 0 Å². The topological polar surface area (TPSA) is 29.5 Å². The second-order valence-corrected chi connectivity index (χ2v) is 9.07. The van der Waals surface area contributed by atoms with Crippen molar-refractivity contribution in [2.24, 2.45) is 5.92 Å². The fourth-order valence-electron chi connectivity index (χ4n) is 4.15. The van der Waals surface area contributed by atoms with Gasteiger partial charge in [0.15, 0.2) is 0 Å². The first kappa shape index (κ1) is 19.9. The van der Waals surface area contributed by atoms with E-state index >= 15 is 0 Å². The van der Waals surface area contributed by atoms with Crippen molar-refractivity contribution in [1.82, 2.24) is 0 Å². The Morgan fingerprint density at radius 1 is 0.724 bits per heavy atom. The van der Waals surface area contributed by atoms with Crippen molar-refractivity contribution in [3.05, 3.63) is 66.7 Å². The Morgan fingerprint density at radius 3 is 1.66 bits per heavy atom. The lowest BCUT2D eigenvalue weighted by atomic mass is 9.76. The predicted octanol–water partition coefficient (Wildman–Crippen LogP) is 5.33. The van der Waals surface area contributed by atoms with Gasteiger partial charge >= 0.3 is 7.48 Å². The Kier molecular flexibility index (Phi) is 4.92. The quantitative estimate of drug-likeness (QED) is 0.373. The van der Waals surface area contributed by atoms with Crippen LogP contribution in [-0.2, 0) is 4.65 Å². The Labute approximate surface area is 173 Å². The third kappa shape index (κ3) is 3.33. The Bertz CT molecular complexity index is 1160. The first-order valence-electron chi connectivity index (χ1n) is 10.4. The number of fused-ring (bicyclic) bond motifs is 6. The number of hydrogen-bond acceptors (Lipinski definition) is 2. The molecule has 148 valence electrons. The van der Waals surface area contributed by atoms with Crippen LogP contribution in [0.4, 0.5) is 0 Å². The van der Waals surface area contributed by atoms with Crippen LogP contribution < -0.4 is 5.46 Å². The minimum absolute atomic E-state index is 0.101. The Hall–Kier alpha value is -2.36. The molecule has 0 aliphatic carbocycles. The number of benzene rings is 4. The van der Waals surface area contributed by atoms with Gasteiger partial charge in [-0.25, -0.2) is 0 Å². The second-order valence-electron chi connectivity index (χ2n) is 9.07. The molecule has 4 aromatic carbocycles. The summed E-state index contributed by atoms with van der Waals surface area (Å²) in [6.45, 7) is 9.85. The summed E-state index contributed by atoms with van der Waals surface area (Å²) in [4.78, 5) is 0. The van der Waals surface area contributed by atoms with Crippen LogP contribution in [0, 0.1) is 5.92 Å². The second kappa shape index (κ2) is 7.16. The van der Waals surface area contributed by atoms with Crippen molar-refractivity contribution in [2.45, 2.75) is 45.8 Å². The maximum atomic E-state index is 10.9. The van der Waals surface area contributed by atoms with E-state index < -0.39 is 11.2 Å². The van der Waals surface area contributed by atoms with E-state index in [-0.39, 0.29) is 5.92 Å². The summed E-state index contributed by atoms with van der Waals surface area (Å²) in [7, 11) is 0.465. The van der Waals surface area contributed by atoms with Crippen molar-refractivity contribution in [3.8, 4) is 0 Å². The van der Waals surface area contributed by atoms with E-state index in [1.54, 1.807) is 0 Å². The minimum Gasteiger partial charge on any atom is -0.427 e. The van der Waals surface area contributed by atoms with Gasteiger partial charge in [-0.3, -0.25) is 0 Å². The van der Waals surface area contributed by atoms with Crippen LogP contribution in [0.25, 0.3) is 32.3 Å². The van der Waals surface area contributed by atoms with Crippen molar-refractivity contribution < 1.29 is 9.76 Å². The van der Waals surface area contributed by atoms with Gasteiger partial charge in [0.25, 0.3) is 0 Å². The fourth-order valence-corrected chi connectivity index (χ4v) is 4.15. The number of aliphatic hydroxyl groups is 1. The Morgan fingerprint density at radius 2 is 1.17 bits per heavy atom. The molecule has 0 aromatic heterocycles. The smallest absolute Gasteiger partial charge is 0.309 e. The summed E-state index contributed by atoms with van der Waals surface area (Å²) in [5.41, 5.74) is -0.445. The standard InChI is InChI=1S/C26H29BO2/c1-17(2)26(5,28)25(3,4)29-27-18-14-15-23-21-12-7-6-10-19(21)20-11-8-9-13-22(20)24(23)16-18/h6-17,27-28H,1-5H3. The summed E-state index contributed by atoms with van der Waals surface area (Å²) in [5, 5.41) is 18.5. The van der Waals surface area contributed by atoms with Gasteiger partial charge < -0.3 is 9.76 Å². The molecule has 0 bridgehead atoms. The third-order valence-corrected chi connectivity index (χ3v) is 6.75. The van der Waals surface area contributed by atoms with Crippen LogP contribution in [0.3, 0.4) is 0 Å². The molecule has 1 atom stereocenters. The van der Waals surface area contributed by atoms with Crippen molar-refractivity contribution >= 4 is 45.3 Å². The zero-order chi connectivity index (χ0) is 20.8. The van der Waals surface area contributed by atoms with Gasteiger partial charge in [0.2, 0.25) is 0 Å². The van der Waals surface area contributed by atoms with Gasteiger partial charge in [-0.1, -0.05) is 86.0 Å². The van der Waals surface area contributed by atoms with Crippen LogP contribution in [0.1, 0.15) is 34.6 Å². The lowest BCUT2D eigenvalue weighted by Gasteiger charge is -2.43. The lowest BCUT2D eigenvalue weighted by Crippen LogP contribution is -2.54. The van der Waals surface area contributed by atoms with Crippen LogP contribution in [0.15, 0.2) is 66.7 Å². The lowest BCUT2D eigenvalue weighted by molar-refractivity contribution is -0.129. The molecular formula is C26H29BO2. The van der Waals surface area contributed by atoms with Crippen LogP contribution in [0.2, 0.25) is 0 Å². The molecule has 3 heteroatoms. The highest BCUT2D eigenvalue weighted by atomic mass is 16.5. The fraction of sp³-hybridized carbons (Fsp3) is 0.308. The van der Waals surface area contributed by atoms with E-state index in [4.69, 9.17) is 4.65 Å². The Balaban J connectivity index is 1.79. The largest absolute Gasteiger partial charge is 0.427 e. The van der Waals surface area contributed by atoms with E-state index in [0.717, 1.165) is 5.46 Å². The molecule has 0 fully saturated rings. The minimum atomic E-state index is -0.910. The third-order valence-electron chi connectivity index (χ3n) is 6.75. The molecule has 0 spiro atoms. The molecular weight excluding hydrogens is 355 g/mol. The van der Waals surface area contributed by atoms with E-state index in [2.05, 4.69) is 66.7 Å². The zero-order valence-electron chi connectivity index (χ0n) is 18.0. The maximum absolute atomic E-state index is 10.9. The van der Waals surface area contributed by atoms with Crippen LogP contribution >= 0.6 is 0 Å². The molecule has 4 rings (SSSR count). The first-order valence-corrected chi connectivity index (χ1v) is 10.4. The van der Waals surface area contributed by atoms with Gasteiger partial charge in [-0.15, -0.1) is 0 Å². The van der Waals surface area contributed by atoms with Crippen molar-refractivity contribution in [3.63, 3.8) is 0 Å². The highest BCUT2D eigenvalue weighted by molar-refractivity contribution is 6.48. The van der Waals surface area contributed by atoms with E-state index in [9.17, 15) is 5.11 Å². The van der Waals surface area contributed by atoms with Gasteiger partial charge in [0, 0.05) is 0 Å². The normalized spacial score (nSPS) is 14.6. The molecule has 0 radical (unpaired) electrons. The molecule has 0 aliphatic heterocycles. The van der Waals surface area contributed by atoms with Crippen LogP contribution in [-0.4, -0.2) is 23.8 Å². The highest BCUT2D eigenvalue weighted by Crippen LogP contribution is 2.35. The average molecular weight is 384 g/mol. The van der Waals surface area contributed by atoms with E-state index in [0.29, 0.717) is 7.48 Å². The SMILES string of the molecule is CC(C)C(C)(O)C(C)(C)OBc1ccc2c3ccccc3c3ccccc3c2c1. The summed E-state index contributed by atoms with van der Waals surface area (Å²) in [6.07, 6.45) is 0. The molecule has 0 heterocycles. The summed E-state index contributed by atoms with van der Waals surface area (Å²) < 4.78 is 6.24. The van der Waals surface area contributed by atoms with Crippen molar-refractivity contribution in [2.75, 3.05) is 0 Å². The van der Waals surface area contributed by atoms with Gasteiger partial charge in [0.05, 0.1) is 11.2 Å². The number of hydrogen-bond donors (Lipinski definition) is 1. The molecule has 29 heavy (non-hydrogen) atoms. The molecule has 1 N–H and O–H groups in total. The molecule has 4 aromatic rings. The van der Waals surface area contributed by atoms with E-state index in [1.807, 2.05) is 34.6 Å². The van der Waals surface area contributed by atoms with Crippen LogP contribution in [0.5, 0.6) is 0 Å². The summed E-state index contributed by atoms with van der Waals surface area (Å²) in [5.74, 6) is 0.101. The molecule has 0 aliphatic rings. The van der Waals surface area contributed by atoms with Crippen molar-refractivity contribution in [1.29, 1.82) is 0 Å². The molecule has 0 saturated carbocycles. The van der Waals surface area contributed by atoms with E-state index in [1.165, 1.54) is 32.3 Å². The van der Waals surface area contributed by atoms with Gasteiger partial charge in [-0.05, 0) is 59.0 Å². The maximum Gasteiger partial charge on any atom is 0.309 e. The first-order chi connectivity index (χ1) is 13.7. The number of rotatable bonds is 5. The molecule has 0 saturated heterocycles. The highest BCUT2D eigenvalue weighted by Gasteiger charge is 2.42. The average Bonchev–Trinajstić information content (AvgIpc) is 2.72. The summed E-state index contributed by atoms with van der Waals surface area (Å²) in [6, 6.07) is 23.8. The predicted molar refractivity (Wildman–Crippen MR) is 126 cm³/mol. The molecule has 1 unspecified atom stereocenters. The molecule has 2 nitrogen and oxygen atoms in total. The van der Waals surface area contributed by atoms with Gasteiger partial charge in [0.1, 0.15) is 0 Å². The zero-order valence-corrected chi connectivity index (χ0v) is 18.0. The summed E-state index contributed by atoms with van der Waals surface area (Å²) >= 11 is 0. The molecule has 0 amide bonds.